The standard InChI is InChI=1S/C15H14ClN3O3S3/c1-21-10-3-4-11(13(5-10)22-2)15-17-9(6-23-15)7-25(20)8-12-14(16)24-19-18-12/h3-6H,7-8H2,1-2H3/t25-/m1/s1. The summed E-state index contributed by atoms with van der Waals surface area (Å²) in [5.74, 6) is 2.01. The number of thiazole rings is 1. The molecule has 3 rings (SSSR count). The zero-order valence-corrected chi connectivity index (χ0v) is 16.6. The summed E-state index contributed by atoms with van der Waals surface area (Å²) in [6.45, 7) is 0. The van der Waals surface area contributed by atoms with Gasteiger partial charge >= 0.3 is 0 Å². The lowest BCUT2D eigenvalue weighted by atomic mass is 10.2. The molecular formula is C15H14ClN3O3S3. The molecule has 0 amide bonds. The maximum absolute atomic E-state index is 12.3. The summed E-state index contributed by atoms with van der Waals surface area (Å²) in [5, 5.41) is 6.59. The SMILES string of the molecule is COc1ccc(-c2nc(C[S@@](=O)Cc3nnsc3Cl)cs2)c(OC)c1. The van der Waals surface area contributed by atoms with E-state index in [4.69, 9.17) is 21.1 Å². The van der Waals surface area contributed by atoms with Gasteiger partial charge in [-0.05, 0) is 12.1 Å². The van der Waals surface area contributed by atoms with E-state index in [-0.39, 0.29) is 5.75 Å². The normalized spacial score (nSPS) is 12.1. The highest BCUT2D eigenvalue weighted by atomic mass is 35.5. The lowest BCUT2D eigenvalue weighted by Crippen LogP contribution is -2.01. The molecule has 0 aliphatic rings. The van der Waals surface area contributed by atoms with Crippen LogP contribution in [-0.4, -0.2) is 33.0 Å². The number of hydrogen-bond acceptors (Lipinski definition) is 8. The number of aromatic nitrogens is 3. The van der Waals surface area contributed by atoms with Gasteiger partial charge < -0.3 is 9.47 Å². The quantitative estimate of drug-likeness (QED) is 0.584. The summed E-state index contributed by atoms with van der Waals surface area (Å²) < 4.78 is 27.1. The van der Waals surface area contributed by atoms with Crippen LogP contribution >= 0.6 is 34.5 Å². The van der Waals surface area contributed by atoms with E-state index in [1.165, 1.54) is 11.3 Å². The minimum absolute atomic E-state index is 0.272. The number of hydrogen-bond donors (Lipinski definition) is 0. The Morgan fingerprint density at radius 1 is 1.24 bits per heavy atom. The van der Waals surface area contributed by atoms with Gasteiger partial charge in [-0.2, -0.15) is 0 Å². The highest BCUT2D eigenvalue weighted by Gasteiger charge is 2.15. The molecule has 132 valence electrons. The largest absolute Gasteiger partial charge is 0.497 e. The maximum Gasteiger partial charge on any atom is 0.138 e. The van der Waals surface area contributed by atoms with Crippen LogP contribution in [0.4, 0.5) is 0 Å². The monoisotopic (exact) mass is 415 g/mol. The van der Waals surface area contributed by atoms with E-state index in [0.717, 1.165) is 27.8 Å². The highest BCUT2D eigenvalue weighted by molar-refractivity contribution is 7.83. The van der Waals surface area contributed by atoms with Crippen molar-refractivity contribution < 1.29 is 13.7 Å². The second-order valence-corrected chi connectivity index (χ2v) is 8.60. The van der Waals surface area contributed by atoms with E-state index in [1.807, 2.05) is 23.6 Å². The highest BCUT2D eigenvalue weighted by Crippen LogP contribution is 2.35. The van der Waals surface area contributed by atoms with E-state index in [1.54, 1.807) is 14.2 Å². The zero-order valence-electron chi connectivity index (χ0n) is 13.4. The van der Waals surface area contributed by atoms with Crippen LogP contribution in [0.1, 0.15) is 11.4 Å². The Bertz CT molecular complexity index is 897. The number of methoxy groups -OCH3 is 2. The fourth-order valence-electron chi connectivity index (χ4n) is 2.12. The first-order valence-corrected chi connectivity index (χ1v) is 10.6. The van der Waals surface area contributed by atoms with Crippen LogP contribution in [0.15, 0.2) is 23.6 Å². The number of benzene rings is 1. The number of ether oxygens (including phenoxy) is 2. The van der Waals surface area contributed by atoms with Crippen LogP contribution in [0.2, 0.25) is 4.34 Å². The first-order valence-electron chi connectivity index (χ1n) is 7.09. The molecule has 6 nitrogen and oxygen atoms in total. The van der Waals surface area contributed by atoms with Crippen LogP contribution in [0, 0.1) is 0 Å². The van der Waals surface area contributed by atoms with Gasteiger partial charge in [-0.1, -0.05) is 16.1 Å². The van der Waals surface area contributed by atoms with Crippen molar-refractivity contribution in [3.05, 3.63) is 39.3 Å². The Kier molecular flexibility index (Phi) is 6.00. The topological polar surface area (TPSA) is 74.2 Å². The minimum atomic E-state index is -1.15. The molecule has 0 N–H and O–H groups in total. The Morgan fingerprint density at radius 3 is 2.76 bits per heavy atom. The van der Waals surface area contributed by atoms with Crippen LogP contribution in [0.3, 0.4) is 0 Å². The first kappa shape index (κ1) is 18.2. The van der Waals surface area contributed by atoms with E-state index in [0.29, 0.717) is 27.3 Å². The van der Waals surface area contributed by atoms with Crippen LogP contribution < -0.4 is 9.47 Å². The molecule has 0 saturated heterocycles. The van der Waals surface area contributed by atoms with Crippen molar-refractivity contribution in [2.45, 2.75) is 11.5 Å². The van der Waals surface area contributed by atoms with E-state index < -0.39 is 10.8 Å². The molecule has 1 aromatic carbocycles. The van der Waals surface area contributed by atoms with Gasteiger partial charge in [0.25, 0.3) is 0 Å². The Balaban J connectivity index is 1.74. The molecule has 2 heterocycles. The third kappa shape index (κ3) is 4.35. The molecule has 2 aromatic heterocycles. The molecule has 1 atom stereocenters. The Labute approximate surface area is 160 Å². The first-order chi connectivity index (χ1) is 12.1. The molecule has 0 unspecified atom stereocenters. The van der Waals surface area contributed by atoms with Crippen molar-refractivity contribution in [2.75, 3.05) is 14.2 Å². The number of halogens is 1. The Morgan fingerprint density at radius 2 is 2.08 bits per heavy atom. The fraction of sp³-hybridized carbons (Fsp3) is 0.267. The second kappa shape index (κ2) is 8.22. The third-order valence-electron chi connectivity index (χ3n) is 3.31. The smallest absolute Gasteiger partial charge is 0.138 e. The Hall–Kier alpha value is -1.55. The molecular weight excluding hydrogens is 402 g/mol. The van der Waals surface area contributed by atoms with Crippen molar-refractivity contribution >= 4 is 45.3 Å². The maximum atomic E-state index is 12.3. The van der Waals surface area contributed by atoms with Gasteiger partial charge in [-0.25, -0.2) is 4.98 Å². The molecule has 0 aliphatic heterocycles. The fourth-order valence-corrected chi connectivity index (χ4v) is 4.96. The van der Waals surface area contributed by atoms with E-state index in [9.17, 15) is 4.21 Å². The van der Waals surface area contributed by atoms with Gasteiger partial charge in [0.1, 0.15) is 26.5 Å². The van der Waals surface area contributed by atoms with Crippen LogP contribution in [-0.2, 0) is 22.3 Å². The second-order valence-electron chi connectivity index (χ2n) is 4.93. The zero-order chi connectivity index (χ0) is 17.8. The predicted molar refractivity (Wildman–Crippen MR) is 101 cm³/mol. The molecule has 3 aromatic rings. The molecule has 0 fully saturated rings. The van der Waals surface area contributed by atoms with Crippen LogP contribution in [0.25, 0.3) is 10.6 Å². The van der Waals surface area contributed by atoms with Crippen molar-refractivity contribution in [2.24, 2.45) is 0 Å². The average Bonchev–Trinajstić information content (AvgIpc) is 3.23. The molecule has 10 heteroatoms. The molecule has 0 saturated carbocycles. The number of rotatable bonds is 7. The average molecular weight is 416 g/mol. The summed E-state index contributed by atoms with van der Waals surface area (Å²) in [6.07, 6.45) is 0. The third-order valence-corrected chi connectivity index (χ3v) is 6.43. The summed E-state index contributed by atoms with van der Waals surface area (Å²) in [4.78, 5) is 4.57. The van der Waals surface area contributed by atoms with Gasteiger partial charge in [0.05, 0.1) is 37.0 Å². The van der Waals surface area contributed by atoms with Gasteiger partial charge in [-0.3, -0.25) is 4.21 Å². The molecule has 0 spiro atoms. The van der Waals surface area contributed by atoms with E-state index in [2.05, 4.69) is 14.6 Å². The molecule has 0 bridgehead atoms. The van der Waals surface area contributed by atoms with Gasteiger partial charge in [0, 0.05) is 33.8 Å². The van der Waals surface area contributed by atoms with E-state index >= 15 is 0 Å². The lowest BCUT2D eigenvalue weighted by Gasteiger charge is -2.08. The predicted octanol–water partition coefficient (Wildman–Crippen LogP) is 3.78. The van der Waals surface area contributed by atoms with Gasteiger partial charge in [0.2, 0.25) is 0 Å². The molecule has 25 heavy (non-hydrogen) atoms. The lowest BCUT2D eigenvalue weighted by molar-refractivity contribution is 0.395. The minimum Gasteiger partial charge on any atom is -0.497 e. The summed E-state index contributed by atoms with van der Waals surface area (Å²) in [7, 11) is 2.06. The summed E-state index contributed by atoms with van der Waals surface area (Å²) in [6, 6.07) is 5.57. The van der Waals surface area contributed by atoms with Crippen LogP contribution in [0.5, 0.6) is 11.5 Å². The van der Waals surface area contributed by atoms with Gasteiger partial charge in [-0.15, -0.1) is 16.4 Å². The van der Waals surface area contributed by atoms with Crippen molar-refractivity contribution in [3.63, 3.8) is 0 Å². The van der Waals surface area contributed by atoms with Crippen molar-refractivity contribution in [1.29, 1.82) is 0 Å². The molecule has 0 aliphatic carbocycles. The molecule has 0 radical (unpaired) electrons. The number of nitrogens with zero attached hydrogens (tertiary/aromatic N) is 3. The summed E-state index contributed by atoms with van der Waals surface area (Å²) in [5.41, 5.74) is 2.20. The van der Waals surface area contributed by atoms with Crippen molar-refractivity contribution in [1.82, 2.24) is 14.6 Å². The van der Waals surface area contributed by atoms with Gasteiger partial charge in [0.15, 0.2) is 0 Å². The van der Waals surface area contributed by atoms with Crippen molar-refractivity contribution in [3.8, 4) is 22.1 Å². The summed E-state index contributed by atoms with van der Waals surface area (Å²) >= 11 is 8.52.